The molecule has 0 spiro atoms. The van der Waals surface area contributed by atoms with Gasteiger partial charge in [-0.25, -0.2) is 4.79 Å². The van der Waals surface area contributed by atoms with Gasteiger partial charge in [-0.15, -0.1) is 6.58 Å². The molecule has 0 aliphatic rings. The van der Waals surface area contributed by atoms with Crippen molar-refractivity contribution in [3.8, 4) is 0 Å². The maximum atomic E-state index is 9.97. The molecule has 0 rings (SSSR count). The number of ether oxygens (including phenoxy) is 1. The molecule has 0 aliphatic carbocycles. The zero-order valence-electron chi connectivity index (χ0n) is 8.41. The van der Waals surface area contributed by atoms with Crippen molar-refractivity contribution >= 4 is 17.9 Å². The monoisotopic (exact) mass is 218 g/mol. The summed E-state index contributed by atoms with van der Waals surface area (Å²) in [5.41, 5.74) is 0. The highest BCUT2D eigenvalue weighted by Crippen LogP contribution is 2.07. The van der Waals surface area contributed by atoms with Gasteiger partial charge < -0.3 is 9.84 Å². The van der Waals surface area contributed by atoms with E-state index in [0.29, 0.717) is 6.61 Å². The Kier molecular flexibility index (Phi) is 9.96. The maximum absolute atomic E-state index is 9.97. The second-order valence-electron chi connectivity index (χ2n) is 2.89. The van der Waals surface area contributed by atoms with Crippen LogP contribution in [0.15, 0.2) is 12.7 Å². The summed E-state index contributed by atoms with van der Waals surface area (Å²) in [6.07, 6.45) is 4.94. The highest BCUT2D eigenvalue weighted by molar-refractivity contribution is 7.99. The van der Waals surface area contributed by atoms with Crippen LogP contribution in [0.1, 0.15) is 25.7 Å². The minimum atomic E-state index is -1.17. The summed E-state index contributed by atoms with van der Waals surface area (Å²) >= 11 is 1.88. The molecule has 0 aromatic carbocycles. The zero-order valence-corrected chi connectivity index (χ0v) is 9.22. The minimum absolute atomic E-state index is 0.329. The van der Waals surface area contributed by atoms with E-state index in [4.69, 9.17) is 5.11 Å². The first-order chi connectivity index (χ1) is 6.77. The normalized spacial score (nSPS) is 9.71. The summed E-state index contributed by atoms with van der Waals surface area (Å²) in [6, 6.07) is 0. The third-order valence-electron chi connectivity index (χ3n) is 1.64. The molecule has 0 aliphatic heterocycles. The first kappa shape index (κ1) is 13.4. The second kappa shape index (κ2) is 10.4. The van der Waals surface area contributed by atoms with Gasteiger partial charge in [0.15, 0.2) is 0 Å². The summed E-state index contributed by atoms with van der Waals surface area (Å²) in [6.45, 7) is 3.97. The minimum Gasteiger partial charge on any atom is -0.450 e. The van der Waals surface area contributed by atoms with E-state index in [9.17, 15) is 4.79 Å². The van der Waals surface area contributed by atoms with Crippen molar-refractivity contribution in [3.63, 3.8) is 0 Å². The molecule has 0 fully saturated rings. The predicted octanol–water partition coefficient (Wildman–Crippen LogP) is 3.16. The Labute approximate surface area is 89.5 Å². The van der Waals surface area contributed by atoms with Gasteiger partial charge in [-0.2, -0.15) is 11.8 Å². The van der Waals surface area contributed by atoms with Gasteiger partial charge in [0.25, 0.3) is 0 Å². The lowest BCUT2D eigenvalue weighted by molar-refractivity contribution is 0.0900. The van der Waals surface area contributed by atoms with Crippen molar-refractivity contribution < 1.29 is 14.6 Å². The van der Waals surface area contributed by atoms with E-state index < -0.39 is 6.16 Å². The number of unbranched alkanes of at least 4 members (excludes halogenated alkanes) is 3. The second-order valence-corrected chi connectivity index (χ2v) is 4.04. The number of hydrogen-bond acceptors (Lipinski definition) is 3. The summed E-state index contributed by atoms with van der Waals surface area (Å²) in [7, 11) is 0. The lowest BCUT2D eigenvalue weighted by Crippen LogP contribution is -2.01. The van der Waals surface area contributed by atoms with E-state index in [0.717, 1.165) is 30.8 Å². The summed E-state index contributed by atoms with van der Waals surface area (Å²) < 4.78 is 4.39. The van der Waals surface area contributed by atoms with Crippen LogP contribution in [0.25, 0.3) is 0 Å². The van der Waals surface area contributed by atoms with E-state index in [2.05, 4.69) is 11.3 Å². The van der Waals surface area contributed by atoms with E-state index in [1.54, 1.807) is 0 Å². The van der Waals surface area contributed by atoms with E-state index >= 15 is 0 Å². The fourth-order valence-corrected chi connectivity index (χ4v) is 1.73. The molecule has 14 heavy (non-hydrogen) atoms. The molecule has 0 radical (unpaired) electrons. The fourth-order valence-electron chi connectivity index (χ4n) is 0.986. The quantitative estimate of drug-likeness (QED) is 0.367. The van der Waals surface area contributed by atoms with Crippen LogP contribution in [0.2, 0.25) is 0 Å². The molecule has 82 valence electrons. The molecular formula is C10H18O3S. The molecule has 0 aromatic rings. The van der Waals surface area contributed by atoms with Crippen LogP contribution >= 0.6 is 11.8 Å². The first-order valence-corrected chi connectivity index (χ1v) is 5.97. The largest absolute Gasteiger partial charge is 0.505 e. The summed E-state index contributed by atoms with van der Waals surface area (Å²) in [5.74, 6) is 2.17. The predicted molar refractivity (Wildman–Crippen MR) is 60.0 cm³/mol. The Balaban J connectivity index is 2.92. The van der Waals surface area contributed by atoms with Crippen LogP contribution < -0.4 is 0 Å². The van der Waals surface area contributed by atoms with E-state index in [-0.39, 0.29) is 0 Å². The average Bonchev–Trinajstić information content (AvgIpc) is 2.15. The van der Waals surface area contributed by atoms with Crippen LogP contribution in [-0.4, -0.2) is 29.4 Å². The Morgan fingerprint density at radius 3 is 2.71 bits per heavy atom. The SMILES string of the molecule is C=CCSCCCCCCOC(=O)O. The lowest BCUT2D eigenvalue weighted by atomic mass is 10.2. The molecule has 0 heterocycles. The molecule has 0 saturated carbocycles. The average molecular weight is 218 g/mol. The van der Waals surface area contributed by atoms with Crippen molar-refractivity contribution in [1.82, 2.24) is 0 Å². The zero-order chi connectivity index (χ0) is 10.6. The molecule has 0 amide bonds. The highest BCUT2D eigenvalue weighted by atomic mass is 32.2. The van der Waals surface area contributed by atoms with Crippen LogP contribution in [0.5, 0.6) is 0 Å². The van der Waals surface area contributed by atoms with Gasteiger partial charge in [-0.3, -0.25) is 0 Å². The Morgan fingerprint density at radius 1 is 1.36 bits per heavy atom. The van der Waals surface area contributed by atoms with Crippen molar-refractivity contribution in [2.45, 2.75) is 25.7 Å². The van der Waals surface area contributed by atoms with Gasteiger partial charge in [0.05, 0.1) is 6.61 Å². The molecule has 0 atom stereocenters. The van der Waals surface area contributed by atoms with E-state index in [1.807, 2.05) is 17.8 Å². The molecule has 0 bridgehead atoms. The van der Waals surface area contributed by atoms with Crippen LogP contribution in [0.3, 0.4) is 0 Å². The molecule has 4 heteroatoms. The standard InChI is InChI=1S/C10H18O3S/c1-2-8-14-9-6-4-3-5-7-13-10(11)12/h2H,1,3-9H2,(H,11,12). The van der Waals surface area contributed by atoms with Gasteiger partial charge >= 0.3 is 6.16 Å². The van der Waals surface area contributed by atoms with Gasteiger partial charge in [-0.1, -0.05) is 18.9 Å². The number of thioether (sulfide) groups is 1. The lowest BCUT2D eigenvalue weighted by Gasteiger charge is -2.00. The van der Waals surface area contributed by atoms with Gasteiger partial charge in [0, 0.05) is 5.75 Å². The third kappa shape index (κ3) is 11.4. The number of hydrogen-bond donors (Lipinski definition) is 1. The fraction of sp³-hybridized carbons (Fsp3) is 0.700. The third-order valence-corrected chi connectivity index (χ3v) is 2.69. The summed E-state index contributed by atoms with van der Waals surface area (Å²) in [4.78, 5) is 9.97. The van der Waals surface area contributed by atoms with Crippen molar-refractivity contribution in [1.29, 1.82) is 0 Å². The van der Waals surface area contributed by atoms with Crippen molar-refractivity contribution in [2.75, 3.05) is 18.1 Å². The van der Waals surface area contributed by atoms with Gasteiger partial charge in [0.2, 0.25) is 0 Å². The topological polar surface area (TPSA) is 46.5 Å². The number of rotatable bonds is 9. The van der Waals surface area contributed by atoms with Gasteiger partial charge in [-0.05, 0) is 18.6 Å². The Bertz CT molecular complexity index is 159. The molecule has 0 aromatic heterocycles. The molecule has 0 unspecified atom stereocenters. The number of carboxylic acid groups (broad SMARTS) is 1. The first-order valence-electron chi connectivity index (χ1n) is 4.81. The summed E-state index contributed by atoms with van der Waals surface area (Å²) in [5, 5.41) is 8.18. The van der Waals surface area contributed by atoms with Crippen molar-refractivity contribution in [3.05, 3.63) is 12.7 Å². The Morgan fingerprint density at radius 2 is 2.07 bits per heavy atom. The van der Waals surface area contributed by atoms with Gasteiger partial charge in [0.1, 0.15) is 0 Å². The molecule has 0 saturated heterocycles. The highest BCUT2D eigenvalue weighted by Gasteiger charge is 1.95. The maximum Gasteiger partial charge on any atom is 0.505 e. The van der Waals surface area contributed by atoms with Crippen molar-refractivity contribution in [2.24, 2.45) is 0 Å². The smallest absolute Gasteiger partial charge is 0.450 e. The number of carbonyl (C=O) groups is 1. The van der Waals surface area contributed by atoms with Crippen LogP contribution in [0, 0.1) is 0 Å². The Hall–Kier alpha value is -0.640. The molecular weight excluding hydrogens is 200 g/mol. The molecule has 3 nitrogen and oxygen atoms in total. The molecule has 1 N–H and O–H groups in total. The van der Waals surface area contributed by atoms with Crippen LogP contribution in [-0.2, 0) is 4.74 Å². The van der Waals surface area contributed by atoms with E-state index in [1.165, 1.54) is 6.42 Å². The van der Waals surface area contributed by atoms with Crippen LogP contribution in [0.4, 0.5) is 4.79 Å².